The van der Waals surface area contributed by atoms with E-state index in [9.17, 15) is 4.39 Å². The summed E-state index contributed by atoms with van der Waals surface area (Å²) in [6.07, 6.45) is 1.08. The van der Waals surface area contributed by atoms with E-state index >= 15 is 0 Å². The van der Waals surface area contributed by atoms with Gasteiger partial charge in [-0.2, -0.15) is 0 Å². The molecule has 1 heterocycles. The van der Waals surface area contributed by atoms with Gasteiger partial charge in [0.05, 0.1) is 19.8 Å². The van der Waals surface area contributed by atoms with Gasteiger partial charge >= 0.3 is 0 Å². The van der Waals surface area contributed by atoms with E-state index in [0.29, 0.717) is 30.9 Å². The monoisotopic (exact) mass is 261 g/mol. The topological polar surface area (TPSA) is 53.7 Å². The molecular weight excluding hydrogens is 249 g/mol. The van der Waals surface area contributed by atoms with Gasteiger partial charge in [0.25, 0.3) is 0 Å². The lowest BCUT2D eigenvalue weighted by Gasteiger charge is -2.12. The van der Waals surface area contributed by atoms with Crippen molar-refractivity contribution < 1.29 is 18.7 Å². The second-order valence-corrected chi connectivity index (χ2v) is 4.04. The summed E-state index contributed by atoms with van der Waals surface area (Å²) in [5.74, 6) is 5.16. The van der Waals surface area contributed by atoms with Crippen LogP contribution in [0.4, 0.5) is 4.39 Å². The summed E-state index contributed by atoms with van der Waals surface area (Å²) < 4.78 is 24.7. The molecule has 4 nitrogen and oxygen atoms in total. The number of nitrogens with two attached hydrogens (primary N) is 1. The molecule has 0 fully saturated rings. The highest BCUT2D eigenvalue weighted by Gasteiger charge is 2.20. The molecule has 0 bridgehead atoms. The Morgan fingerprint density at radius 1 is 1.41 bits per heavy atom. The summed E-state index contributed by atoms with van der Waals surface area (Å²) in [7, 11) is 0. The van der Waals surface area contributed by atoms with Gasteiger partial charge in [-0.05, 0) is 11.6 Å². The Morgan fingerprint density at radius 3 is 2.94 bits per heavy atom. The molecule has 0 unspecified atom stereocenters. The first-order valence-corrected chi connectivity index (χ1v) is 5.70. The van der Waals surface area contributed by atoms with Crippen LogP contribution in [0.25, 0.3) is 0 Å². The van der Waals surface area contributed by atoms with E-state index in [0.717, 1.165) is 6.42 Å². The predicted octanol–water partition coefficient (Wildman–Crippen LogP) is 2.07. The zero-order chi connectivity index (χ0) is 12.3. The number of hydrogen-bond donors (Lipinski definition) is 1. The summed E-state index contributed by atoms with van der Waals surface area (Å²) in [6.45, 7) is 1.21. The Kier molecular flexibility index (Phi) is 4.04. The molecule has 0 spiro atoms. The zero-order valence-corrected chi connectivity index (χ0v) is 9.93. The summed E-state index contributed by atoms with van der Waals surface area (Å²) in [4.78, 5) is 4.43. The Balaban J connectivity index is 2.36. The van der Waals surface area contributed by atoms with Crippen LogP contribution in [0.1, 0.15) is 12.0 Å². The van der Waals surface area contributed by atoms with Crippen LogP contribution >= 0.6 is 11.6 Å². The maximum Gasteiger partial charge on any atom is 0.182 e. The largest absolute Gasteiger partial charge is 0.489 e. The van der Waals surface area contributed by atoms with Crippen LogP contribution in [0.5, 0.6) is 11.5 Å². The van der Waals surface area contributed by atoms with Crippen molar-refractivity contribution in [2.24, 2.45) is 5.90 Å². The van der Waals surface area contributed by atoms with Crippen molar-refractivity contribution in [3.63, 3.8) is 0 Å². The normalized spacial score (nSPS) is 14.5. The van der Waals surface area contributed by atoms with Gasteiger partial charge in [0.15, 0.2) is 11.5 Å². The molecule has 1 aliphatic rings. The van der Waals surface area contributed by atoms with Gasteiger partial charge in [0.2, 0.25) is 0 Å². The number of benzene rings is 1. The van der Waals surface area contributed by atoms with Gasteiger partial charge < -0.3 is 14.3 Å². The Labute approximate surface area is 103 Å². The molecule has 6 heteroatoms. The van der Waals surface area contributed by atoms with E-state index in [-0.39, 0.29) is 17.4 Å². The van der Waals surface area contributed by atoms with E-state index in [1.54, 1.807) is 6.07 Å². The van der Waals surface area contributed by atoms with Crippen molar-refractivity contribution in [2.45, 2.75) is 12.8 Å². The zero-order valence-electron chi connectivity index (χ0n) is 9.17. The van der Waals surface area contributed by atoms with Gasteiger partial charge in [0.1, 0.15) is 10.8 Å². The molecule has 0 aromatic heterocycles. The summed E-state index contributed by atoms with van der Waals surface area (Å²) in [5.41, 5.74) is 0.407. The molecule has 1 aliphatic heterocycles. The average Bonchev–Trinajstić information content (AvgIpc) is 2.57. The minimum absolute atomic E-state index is 0.0450. The highest BCUT2D eigenvalue weighted by atomic mass is 35.5. The number of halogens is 2. The summed E-state index contributed by atoms with van der Waals surface area (Å²) in [6, 6.07) is 1.58. The highest BCUT2D eigenvalue weighted by Crippen LogP contribution is 2.40. The van der Waals surface area contributed by atoms with Crippen LogP contribution in [-0.2, 0) is 11.3 Å². The van der Waals surface area contributed by atoms with Crippen LogP contribution in [0, 0.1) is 5.82 Å². The third-order valence-electron chi connectivity index (χ3n) is 2.48. The maximum absolute atomic E-state index is 13.9. The third kappa shape index (κ3) is 2.62. The van der Waals surface area contributed by atoms with Crippen LogP contribution in [0.15, 0.2) is 6.07 Å². The second-order valence-electron chi connectivity index (χ2n) is 3.66. The minimum atomic E-state index is -0.507. The third-order valence-corrected chi connectivity index (χ3v) is 2.82. The SMILES string of the molecule is NOCCc1cc2c(c(Cl)c1F)OCCCO2. The molecule has 2 rings (SSSR count). The first-order valence-electron chi connectivity index (χ1n) is 5.32. The standard InChI is InChI=1S/C11H13ClFNO3/c12-9-10(13)7(2-5-17-14)6-8-11(9)16-4-1-3-15-8/h6H,1-5,14H2. The van der Waals surface area contributed by atoms with E-state index < -0.39 is 5.82 Å². The van der Waals surface area contributed by atoms with Crippen LogP contribution < -0.4 is 15.4 Å². The van der Waals surface area contributed by atoms with Gasteiger partial charge in [-0.15, -0.1) is 0 Å². The molecule has 0 saturated heterocycles. The highest BCUT2D eigenvalue weighted by molar-refractivity contribution is 6.32. The average molecular weight is 262 g/mol. The minimum Gasteiger partial charge on any atom is -0.489 e. The number of fused-ring (bicyclic) bond motifs is 1. The smallest absolute Gasteiger partial charge is 0.182 e. The van der Waals surface area contributed by atoms with E-state index in [2.05, 4.69) is 4.84 Å². The summed E-state index contributed by atoms with van der Waals surface area (Å²) >= 11 is 5.92. The number of ether oxygens (including phenoxy) is 2. The molecule has 94 valence electrons. The van der Waals surface area contributed by atoms with Crippen LogP contribution in [-0.4, -0.2) is 19.8 Å². The quantitative estimate of drug-likeness (QED) is 0.847. The summed E-state index contributed by atoms with van der Waals surface area (Å²) in [5, 5.41) is -0.0450. The Bertz CT molecular complexity index is 414. The predicted molar refractivity (Wildman–Crippen MR) is 60.9 cm³/mol. The van der Waals surface area contributed by atoms with Crippen molar-refractivity contribution in [1.29, 1.82) is 0 Å². The first kappa shape index (κ1) is 12.4. The lowest BCUT2D eigenvalue weighted by molar-refractivity contribution is 0.140. The van der Waals surface area contributed by atoms with Crippen molar-refractivity contribution in [3.8, 4) is 11.5 Å². The van der Waals surface area contributed by atoms with E-state index in [1.807, 2.05) is 0 Å². The van der Waals surface area contributed by atoms with Gasteiger partial charge in [-0.25, -0.2) is 10.3 Å². The van der Waals surface area contributed by atoms with Crippen molar-refractivity contribution in [3.05, 3.63) is 22.5 Å². The molecule has 1 aromatic carbocycles. The van der Waals surface area contributed by atoms with Crippen molar-refractivity contribution in [1.82, 2.24) is 0 Å². The lowest BCUT2D eigenvalue weighted by atomic mass is 10.1. The maximum atomic E-state index is 13.9. The van der Waals surface area contributed by atoms with Gasteiger partial charge in [0, 0.05) is 12.8 Å². The van der Waals surface area contributed by atoms with Crippen molar-refractivity contribution >= 4 is 11.6 Å². The Morgan fingerprint density at radius 2 is 2.18 bits per heavy atom. The number of rotatable bonds is 3. The van der Waals surface area contributed by atoms with Gasteiger partial charge in [-0.1, -0.05) is 11.6 Å². The van der Waals surface area contributed by atoms with E-state index in [1.165, 1.54) is 0 Å². The lowest BCUT2D eigenvalue weighted by Crippen LogP contribution is -2.06. The fraction of sp³-hybridized carbons (Fsp3) is 0.455. The van der Waals surface area contributed by atoms with Gasteiger partial charge in [-0.3, -0.25) is 0 Å². The fourth-order valence-electron chi connectivity index (χ4n) is 1.64. The molecule has 2 N–H and O–H groups in total. The molecule has 0 atom stereocenters. The molecule has 0 saturated carbocycles. The molecule has 0 aliphatic carbocycles. The Hall–Kier alpha value is -1.04. The molecular formula is C11H13ClFNO3. The molecule has 17 heavy (non-hydrogen) atoms. The molecule has 0 amide bonds. The van der Waals surface area contributed by atoms with E-state index in [4.69, 9.17) is 27.0 Å². The molecule has 1 aromatic rings. The molecule has 0 radical (unpaired) electrons. The fourth-order valence-corrected chi connectivity index (χ4v) is 1.91. The first-order chi connectivity index (χ1) is 8.24. The van der Waals surface area contributed by atoms with Crippen LogP contribution in [0.2, 0.25) is 5.02 Å². The second kappa shape index (κ2) is 5.53. The van der Waals surface area contributed by atoms with Crippen LogP contribution in [0.3, 0.4) is 0 Å². The van der Waals surface area contributed by atoms with Crippen molar-refractivity contribution in [2.75, 3.05) is 19.8 Å². The number of hydrogen-bond acceptors (Lipinski definition) is 4.